The maximum Gasteiger partial charge on any atom is 0.338 e. The molecular weight excluding hydrogens is 308 g/mol. The van der Waals surface area contributed by atoms with Crippen LogP contribution >= 0.6 is 11.8 Å². The van der Waals surface area contributed by atoms with Gasteiger partial charge in [-0.3, -0.25) is 4.79 Å². The minimum Gasteiger partial charge on any atom is -0.462 e. The van der Waals surface area contributed by atoms with Crippen molar-refractivity contribution >= 4 is 29.6 Å². The first kappa shape index (κ1) is 17.0. The first-order chi connectivity index (χ1) is 11.1. The predicted molar refractivity (Wildman–Crippen MR) is 94.0 cm³/mol. The molecule has 0 radical (unpaired) electrons. The van der Waals surface area contributed by atoms with E-state index in [2.05, 4.69) is 0 Å². The summed E-state index contributed by atoms with van der Waals surface area (Å²) in [4.78, 5) is 24.9. The van der Waals surface area contributed by atoms with Gasteiger partial charge in [0.15, 0.2) is 5.78 Å². The zero-order valence-electron chi connectivity index (χ0n) is 13.1. The lowest BCUT2D eigenvalue weighted by Gasteiger charge is -2.02. The largest absolute Gasteiger partial charge is 0.462 e. The van der Waals surface area contributed by atoms with Crippen LogP contribution in [-0.4, -0.2) is 24.6 Å². The third-order valence-electron chi connectivity index (χ3n) is 3.22. The van der Waals surface area contributed by atoms with Gasteiger partial charge in [0.05, 0.1) is 12.2 Å². The fraction of sp³-hybridized carbons (Fsp3) is 0.158. The van der Waals surface area contributed by atoms with Crippen molar-refractivity contribution in [2.45, 2.75) is 11.8 Å². The van der Waals surface area contributed by atoms with E-state index in [0.717, 1.165) is 5.56 Å². The highest BCUT2D eigenvalue weighted by Crippen LogP contribution is 2.16. The Morgan fingerprint density at radius 1 is 1.00 bits per heavy atom. The lowest BCUT2D eigenvalue weighted by atomic mass is 10.1. The minimum absolute atomic E-state index is 0.102. The second-order valence-corrected chi connectivity index (χ2v) is 5.65. The number of allylic oxidation sites excluding steroid dienone is 1. The van der Waals surface area contributed by atoms with Gasteiger partial charge in [-0.15, -0.1) is 11.8 Å². The van der Waals surface area contributed by atoms with Crippen LogP contribution in [0.1, 0.15) is 33.2 Å². The Hall–Kier alpha value is -2.33. The summed E-state index contributed by atoms with van der Waals surface area (Å²) in [6.45, 7) is 2.09. The summed E-state index contributed by atoms with van der Waals surface area (Å²) in [5.41, 5.74) is 1.95. The van der Waals surface area contributed by atoms with E-state index in [4.69, 9.17) is 4.74 Å². The molecule has 0 heterocycles. The first-order valence-corrected chi connectivity index (χ1v) is 8.50. The van der Waals surface area contributed by atoms with Gasteiger partial charge in [0, 0.05) is 10.5 Å². The van der Waals surface area contributed by atoms with Crippen LogP contribution in [0.3, 0.4) is 0 Å². The molecule has 118 valence electrons. The van der Waals surface area contributed by atoms with Gasteiger partial charge < -0.3 is 4.74 Å². The summed E-state index contributed by atoms with van der Waals surface area (Å²) in [5.74, 6) is -0.481. The third-order valence-corrected chi connectivity index (χ3v) is 3.97. The molecule has 2 aromatic rings. The highest BCUT2D eigenvalue weighted by Gasteiger charge is 2.07. The number of ether oxygens (including phenoxy) is 1. The predicted octanol–water partition coefficient (Wildman–Crippen LogP) is 4.48. The maximum atomic E-state index is 12.1. The molecule has 0 aliphatic carbocycles. The molecule has 0 spiro atoms. The quantitative estimate of drug-likeness (QED) is 0.340. The number of carbonyl (C=O) groups is 2. The highest BCUT2D eigenvalue weighted by atomic mass is 32.2. The SMILES string of the molecule is CCOC(=O)c1ccc(C(=O)C=Cc2ccc(SC)cc2)cc1. The van der Waals surface area contributed by atoms with Gasteiger partial charge in [-0.1, -0.05) is 30.3 Å². The van der Waals surface area contributed by atoms with Gasteiger partial charge in [0.1, 0.15) is 0 Å². The Balaban J connectivity index is 2.04. The van der Waals surface area contributed by atoms with Crippen molar-refractivity contribution in [2.24, 2.45) is 0 Å². The maximum absolute atomic E-state index is 12.1. The standard InChI is InChI=1S/C19H18O3S/c1-3-22-19(21)16-9-7-15(8-10-16)18(20)13-6-14-4-11-17(23-2)12-5-14/h4-13H,3H2,1-2H3. The van der Waals surface area contributed by atoms with Crippen LogP contribution in [0, 0.1) is 0 Å². The average Bonchev–Trinajstić information content (AvgIpc) is 2.60. The van der Waals surface area contributed by atoms with Crippen molar-refractivity contribution in [3.05, 3.63) is 71.3 Å². The van der Waals surface area contributed by atoms with Crippen LogP contribution in [0.2, 0.25) is 0 Å². The molecule has 0 aliphatic heterocycles. The smallest absolute Gasteiger partial charge is 0.338 e. The highest BCUT2D eigenvalue weighted by molar-refractivity contribution is 7.98. The molecule has 0 fully saturated rings. The van der Waals surface area contributed by atoms with Crippen molar-refractivity contribution in [1.82, 2.24) is 0 Å². The monoisotopic (exact) mass is 326 g/mol. The normalized spacial score (nSPS) is 10.7. The van der Waals surface area contributed by atoms with E-state index < -0.39 is 0 Å². The molecule has 0 N–H and O–H groups in total. The molecule has 0 bridgehead atoms. The van der Waals surface area contributed by atoms with E-state index in [1.165, 1.54) is 11.0 Å². The number of carbonyl (C=O) groups excluding carboxylic acids is 2. The molecule has 2 aromatic carbocycles. The zero-order chi connectivity index (χ0) is 16.7. The molecule has 3 nitrogen and oxygen atoms in total. The molecular formula is C19H18O3S. The van der Waals surface area contributed by atoms with Gasteiger partial charge in [-0.05, 0) is 49.1 Å². The van der Waals surface area contributed by atoms with Crippen LogP contribution in [0.15, 0.2) is 59.5 Å². The molecule has 0 saturated heterocycles. The van der Waals surface area contributed by atoms with Crippen LogP contribution in [-0.2, 0) is 4.74 Å². The van der Waals surface area contributed by atoms with Gasteiger partial charge in [0.25, 0.3) is 0 Å². The number of esters is 1. The number of hydrogen-bond donors (Lipinski definition) is 0. The van der Waals surface area contributed by atoms with Crippen molar-refractivity contribution in [3.8, 4) is 0 Å². The summed E-state index contributed by atoms with van der Waals surface area (Å²) in [6, 6.07) is 14.5. The zero-order valence-corrected chi connectivity index (χ0v) is 13.9. The molecule has 23 heavy (non-hydrogen) atoms. The molecule has 0 amide bonds. The number of rotatable bonds is 6. The summed E-state index contributed by atoms with van der Waals surface area (Å²) in [6.07, 6.45) is 5.34. The van der Waals surface area contributed by atoms with E-state index >= 15 is 0 Å². The van der Waals surface area contributed by atoms with Crippen LogP contribution in [0.4, 0.5) is 0 Å². The summed E-state index contributed by atoms with van der Waals surface area (Å²) >= 11 is 1.68. The number of benzene rings is 2. The Morgan fingerprint density at radius 2 is 1.61 bits per heavy atom. The molecule has 0 saturated carbocycles. The summed E-state index contributed by atoms with van der Waals surface area (Å²) in [5, 5.41) is 0. The Bertz CT molecular complexity index is 700. The topological polar surface area (TPSA) is 43.4 Å². The Kier molecular flexibility index (Phi) is 6.18. The number of thioether (sulfide) groups is 1. The molecule has 4 heteroatoms. The van der Waals surface area contributed by atoms with Crippen molar-refractivity contribution < 1.29 is 14.3 Å². The average molecular weight is 326 g/mol. The molecule has 0 atom stereocenters. The van der Waals surface area contributed by atoms with Gasteiger partial charge in [-0.25, -0.2) is 4.79 Å². The Labute approximate surface area is 140 Å². The lowest BCUT2D eigenvalue weighted by Crippen LogP contribution is -2.05. The van der Waals surface area contributed by atoms with E-state index in [1.807, 2.05) is 30.5 Å². The van der Waals surface area contributed by atoms with Crippen LogP contribution in [0.25, 0.3) is 6.08 Å². The fourth-order valence-corrected chi connectivity index (χ4v) is 2.38. The van der Waals surface area contributed by atoms with E-state index in [1.54, 1.807) is 49.0 Å². The van der Waals surface area contributed by atoms with Crippen molar-refractivity contribution in [3.63, 3.8) is 0 Å². The second kappa shape index (κ2) is 8.34. The fourth-order valence-electron chi connectivity index (χ4n) is 1.97. The third kappa shape index (κ3) is 4.83. The van der Waals surface area contributed by atoms with Crippen LogP contribution < -0.4 is 0 Å². The van der Waals surface area contributed by atoms with Crippen LogP contribution in [0.5, 0.6) is 0 Å². The van der Waals surface area contributed by atoms with E-state index in [9.17, 15) is 9.59 Å². The second-order valence-electron chi connectivity index (χ2n) is 4.77. The molecule has 0 aliphatic rings. The number of ketones is 1. The van der Waals surface area contributed by atoms with Gasteiger partial charge >= 0.3 is 5.97 Å². The Morgan fingerprint density at radius 3 is 2.17 bits per heavy atom. The first-order valence-electron chi connectivity index (χ1n) is 7.27. The van der Waals surface area contributed by atoms with Crippen molar-refractivity contribution in [2.75, 3.05) is 12.9 Å². The molecule has 0 aromatic heterocycles. The lowest BCUT2D eigenvalue weighted by molar-refractivity contribution is 0.0526. The van der Waals surface area contributed by atoms with Gasteiger partial charge in [-0.2, -0.15) is 0 Å². The van der Waals surface area contributed by atoms with Crippen molar-refractivity contribution in [1.29, 1.82) is 0 Å². The molecule has 2 rings (SSSR count). The van der Waals surface area contributed by atoms with Gasteiger partial charge in [0.2, 0.25) is 0 Å². The molecule has 0 unspecified atom stereocenters. The summed E-state index contributed by atoms with van der Waals surface area (Å²) in [7, 11) is 0. The summed E-state index contributed by atoms with van der Waals surface area (Å²) < 4.78 is 4.91. The van der Waals surface area contributed by atoms with E-state index in [-0.39, 0.29) is 11.8 Å². The minimum atomic E-state index is -0.379. The van der Waals surface area contributed by atoms with E-state index in [0.29, 0.717) is 17.7 Å². The number of hydrogen-bond acceptors (Lipinski definition) is 4.